The van der Waals surface area contributed by atoms with Crippen molar-refractivity contribution in [1.82, 2.24) is 4.98 Å². The van der Waals surface area contributed by atoms with Crippen LogP contribution in [0.3, 0.4) is 0 Å². The summed E-state index contributed by atoms with van der Waals surface area (Å²) in [5, 5.41) is 2.99. The SMILES string of the molecule is Cc1nc(Br)ccc1NC(=O)C1Cc2ccccc2C1. The first kappa shape index (κ1) is 13.3. The van der Waals surface area contributed by atoms with Gasteiger partial charge in [-0.1, -0.05) is 24.3 Å². The number of fused-ring (bicyclic) bond motifs is 1. The normalized spacial score (nSPS) is 14.1. The first-order valence-corrected chi connectivity index (χ1v) is 7.43. The highest BCUT2D eigenvalue weighted by atomic mass is 79.9. The van der Waals surface area contributed by atoms with Gasteiger partial charge in [-0.05, 0) is 59.0 Å². The lowest BCUT2D eigenvalue weighted by Crippen LogP contribution is -2.23. The van der Waals surface area contributed by atoms with Gasteiger partial charge in [0.1, 0.15) is 4.60 Å². The fourth-order valence-corrected chi connectivity index (χ4v) is 3.04. The molecule has 1 heterocycles. The van der Waals surface area contributed by atoms with Gasteiger partial charge in [0.05, 0.1) is 11.4 Å². The monoisotopic (exact) mass is 330 g/mol. The number of amides is 1. The molecule has 1 N–H and O–H groups in total. The van der Waals surface area contributed by atoms with Gasteiger partial charge in [0.25, 0.3) is 0 Å². The molecule has 2 aromatic rings. The van der Waals surface area contributed by atoms with Gasteiger partial charge in [-0.25, -0.2) is 4.98 Å². The average molecular weight is 331 g/mol. The number of nitrogens with zero attached hydrogens (tertiary/aromatic N) is 1. The number of rotatable bonds is 2. The second kappa shape index (κ2) is 5.37. The molecule has 0 saturated carbocycles. The van der Waals surface area contributed by atoms with E-state index in [2.05, 4.69) is 38.4 Å². The first-order valence-electron chi connectivity index (χ1n) is 6.64. The smallest absolute Gasteiger partial charge is 0.228 e. The highest BCUT2D eigenvalue weighted by Crippen LogP contribution is 2.27. The maximum Gasteiger partial charge on any atom is 0.228 e. The summed E-state index contributed by atoms with van der Waals surface area (Å²) in [6, 6.07) is 12.0. The number of aryl methyl sites for hydroxylation is 1. The fraction of sp³-hybridized carbons (Fsp3) is 0.250. The van der Waals surface area contributed by atoms with E-state index in [4.69, 9.17) is 0 Å². The number of aromatic nitrogens is 1. The molecule has 0 radical (unpaired) electrons. The second-order valence-corrected chi connectivity index (χ2v) is 5.94. The Hall–Kier alpha value is -1.68. The standard InChI is InChI=1S/C16H15BrN2O/c1-10-14(6-7-15(17)18-10)19-16(20)13-8-11-4-2-3-5-12(11)9-13/h2-7,13H,8-9H2,1H3,(H,19,20). The number of benzene rings is 1. The van der Waals surface area contributed by atoms with Crippen LogP contribution in [0.5, 0.6) is 0 Å². The Morgan fingerprint density at radius 3 is 2.45 bits per heavy atom. The Morgan fingerprint density at radius 1 is 1.20 bits per heavy atom. The number of hydrogen-bond acceptors (Lipinski definition) is 2. The van der Waals surface area contributed by atoms with Crippen molar-refractivity contribution in [3.8, 4) is 0 Å². The molecular formula is C16H15BrN2O. The van der Waals surface area contributed by atoms with Crippen molar-refractivity contribution in [1.29, 1.82) is 0 Å². The molecule has 0 fully saturated rings. The van der Waals surface area contributed by atoms with E-state index < -0.39 is 0 Å². The molecule has 0 atom stereocenters. The van der Waals surface area contributed by atoms with E-state index in [1.165, 1.54) is 11.1 Å². The first-order chi connectivity index (χ1) is 9.63. The molecule has 4 heteroatoms. The van der Waals surface area contributed by atoms with Crippen molar-refractivity contribution in [2.24, 2.45) is 5.92 Å². The molecule has 1 aromatic carbocycles. The zero-order valence-electron chi connectivity index (χ0n) is 11.2. The minimum Gasteiger partial charge on any atom is -0.324 e. The van der Waals surface area contributed by atoms with Gasteiger partial charge in [-0.3, -0.25) is 4.79 Å². The van der Waals surface area contributed by atoms with Crippen LogP contribution in [0.25, 0.3) is 0 Å². The molecule has 1 aliphatic carbocycles. The van der Waals surface area contributed by atoms with Crippen LogP contribution >= 0.6 is 15.9 Å². The van der Waals surface area contributed by atoms with Gasteiger partial charge in [-0.15, -0.1) is 0 Å². The lowest BCUT2D eigenvalue weighted by Gasteiger charge is -2.12. The van der Waals surface area contributed by atoms with Crippen LogP contribution in [0, 0.1) is 12.8 Å². The number of halogens is 1. The molecule has 0 saturated heterocycles. The number of pyridine rings is 1. The largest absolute Gasteiger partial charge is 0.324 e. The van der Waals surface area contributed by atoms with Crippen molar-refractivity contribution < 1.29 is 4.79 Å². The molecule has 0 aliphatic heterocycles. The quantitative estimate of drug-likeness (QED) is 0.856. The molecule has 3 rings (SSSR count). The van der Waals surface area contributed by atoms with Crippen LogP contribution in [-0.4, -0.2) is 10.9 Å². The predicted molar refractivity (Wildman–Crippen MR) is 82.6 cm³/mol. The fourth-order valence-electron chi connectivity index (χ4n) is 2.64. The molecule has 0 unspecified atom stereocenters. The Morgan fingerprint density at radius 2 is 1.85 bits per heavy atom. The number of anilines is 1. The van der Waals surface area contributed by atoms with Crippen LogP contribution in [-0.2, 0) is 17.6 Å². The molecule has 20 heavy (non-hydrogen) atoms. The van der Waals surface area contributed by atoms with Crippen molar-refractivity contribution in [3.63, 3.8) is 0 Å². The van der Waals surface area contributed by atoms with E-state index in [9.17, 15) is 4.79 Å². The Labute approximate surface area is 126 Å². The summed E-state index contributed by atoms with van der Waals surface area (Å²) in [6.45, 7) is 1.89. The third-order valence-corrected chi connectivity index (χ3v) is 4.17. The zero-order chi connectivity index (χ0) is 14.1. The molecule has 1 aliphatic rings. The van der Waals surface area contributed by atoms with E-state index in [1.54, 1.807) is 0 Å². The molecule has 0 bridgehead atoms. The van der Waals surface area contributed by atoms with Crippen LogP contribution < -0.4 is 5.32 Å². The van der Waals surface area contributed by atoms with Gasteiger partial charge in [0, 0.05) is 5.92 Å². The molecule has 102 valence electrons. The molecular weight excluding hydrogens is 316 g/mol. The van der Waals surface area contributed by atoms with Gasteiger partial charge in [0.15, 0.2) is 0 Å². The number of nitrogens with one attached hydrogen (secondary N) is 1. The lowest BCUT2D eigenvalue weighted by atomic mass is 10.1. The molecule has 1 amide bonds. The topological polar surface area (TPSA) is 42.0 Å². The molecule has 1 aromatic heterocycles. The van der Waals surface area contributed by atoms with Crippen LogP contribution in [0.15, 0.2) is 41.0 Å². The summed E-state index contributed by atoms with van der Waals surface area (Å²) < 4.78 is 0.779. The van der Waals surface area contributed by atoms with Crippen molar-refractivity contribution >= 4 is 27.5 Å². The van der Waals surface area contributed by atoms with Crippen molar-refractivity contribution in [3.05, 3.63) is 57.8 Å². The maximum absolute atomic E-state index is 12.4. The van der Waals surface area contributed by atoms with Crippen LogP contribution in [0.1, 0.15) is 16.8 Å². The third-order valence-electron chi connectivity index (χ3n) is 3.73. The third kappa shape index (κ3) is 2.61. The number of hydrogen-bond donors (Lipinski definition) is 1. The summed E-state index contributed by atoms with van der Waals surface area (Å²) in [5.74, 6) is 0.101. The van der Waals surface area contributed by atoms with Gasteiger partial charge in [-0.2, -0.15) is 0 Å². The summed E-state index contributed by atoms with van der Waals surface area (Å²) in [4.78, 5) is 16.7. The van der Waals surface area contributed by atoms with Crippen LogP contribution in [0.2, 0.25) is 0 Å². The van der Waals surface area contributed by atoms with E-state index >= 15 is 0 Å². The van der Waals surface area contributed by atoms with E-state index in [0.29, 0.717) is 0 Å². The number of carbonyl (C=O) groups excluding carboxylic acids is 1. The molecule has 3 nitrogen and oxygen atoms in total. The summed E-state index contributed by atoms with van der Waals surface area (Å²) in [7, 11) is 0. The summed E-state index contributed by atoms with van der Waals surface area (Å²) in [5.41, 5.74) is 4.19. The van der Waals surface area contributed by atoms with Crippen molar-refractivity contribution in [2.75, 3.05) is 5.32 Å². The number of carbonyl (C=O) groups is 1. The summed E-state index contributed by atoms with van der Waals surface area (Å²) >= 11 is 3.32. The van der Waals surface area contributed by atoms with Gasteiger partial charge in [0.2, 0.25) is 5.91 Å². The van der Waals surface area contributed by atoms with Crippen LogP contribution in [0.4, 0.5) is 5.69 Å². The summed E-state index contributed by atoms with van der Waals surface area (Å²) in [6.07, 6.45) is 1.65. The van der Waals surface area contributed by atoms with E-state index in [1.807, 2.05) is 31.2 Å². The highest BCUT2D eigenvalue weighted by Gasteiger charge is 2.27. The lowest BCUT2D eigenvalue weighted by molar-refractivity contribution is -0.119. The van der Waals surface area contributed by atoms with E-state index in [-0.39, 0.29) is 11.8 Å². The Balaban J connectivity index is 1.72. The van der Waals surface area contributed by atoms with Gasteiger partial charge >= 0.3 is 0 Å². The molecule has 0 spiro atoms. The second-order valence-electron chi connectivity index (χ2n) is 5.13. The predicted octanol–water partition coefficient (Wildman–Crippen LogP) is 3.51. The minimum atomic E-state index is 0.0236. The zero-order valence-corrected chi connectivity index (χ0v) is 12.8. The minimum absolute atomic E-state index is 0.0236. The maximum atomic E-state index is 12.4. The van der Waals surface area contributed by atoms with E-state index in [0.717, 1.165) is 28.8 Å². The Kier molecular flexibility index (Phi) is 3.57. The Bertz CT molecular complexity index is 644. The van der Waals surface area contributed by atoms with Crippen molar-refractivity contribution in [2.45, 2.75) is 19.8 Å². The average Bonchev–Trinajstić information content (AvgIpc) is 2.86. The highest BCUT2D eigenvalue weighted by molar-refractivity contribution is 9.10. The van der Waals surface area contributed by atoms with Gasteiger partial charge < -0.3 is 5.32 Å².